The summed E-state index contributed by atoms with van der Waals surface area (Å²) in [5.41, 5.74) is 9.98. The highest BCUT2D eigenvalue weighted by atomic mass is 31.1. The molecule has 0 aliphatic rings. The molecule has 0 saturated heterocycles. The molecule has 0 spiro atoms. The topological polar surface area (TPSA) is 78.3 Å². The van der Waals surface area contributed by atoms with Crippen molar-refractivity contribution in [2.24, 2.45) is 11.5 Å². The Bertz CT molecular complexity index is 57.7. The number of hydrogen-bond acceptors (Lipinski definition) is 4. The third-order valence-corrected chi connectivity index (χ3v) is 0.574. The average Bonchev–Trinajstić information content (AvgIpc) is 1.61. The fourth-order valence-electron chi connectivity index (χ4n) is 0.116. The first-order chi connectivity index (χ1) is 3.27. The summed E-state index contributed by atoms with van der Waals surface area (Å²) in [6.07, 6.45) is -0.526. The van der Waals surface area contributed by atoms with Gasteiger partial charge in [-0.25, -0.2) is 4.57 Å². The Morgan fingerprint density at radius 1 is 1.71 bits per heavy atom. The largest absolute Gasteiger partial charge is 0.327 e. The first-order valence-corrected chi connectivity index (χ1v) is 2.46. The zero-order chi connectivity index (χ0) is 5.70. The van der Waals surface area contributed by atoms with Crippen molar-refractivity contribution in [2.75, 3.05) is 6.61 Å². The molecule has 0 amide bonds. The molecule has 0 rings (SSSR count). The molecule has 7 heavy (non-hydrogen) atoms. The molecule has 0 aliphatic carbocycles. The fraction of sp³-hybridized carbons (Fsp3) is 1.00. The van der Waals surface area contributed by atoms with Gasteiger partial charge in [-0.1, -0.05) is 0 Å². The van der Waals surface area contributed by atoms with Crippen molar-refractivity contribution in [3.63, 3.8) is 0 Å². The molecular weight excluding hydrogens is 115 g/mol. The van der Waals surface area contributed by atoms with E-state index < -0.39 is 6.17 Å². The predicted molar refractivity (Wildman–Crippen MR) is 25.7 cm³/mol. The van der Waals surface area contributed by atoms with Gasteiger partial charge >= 0.3 is 8.69 Å². The highest BCUT2D eigenvalue weighted by molar-refractivity contribution is 7.17. The Morgan fingerprint density at radius 3 is 2.43 bits per heavy atom. The van der Waals surface area contributed by atoms with Gasteiger partial charge in [-0.05, 0) is 0 Å². The van der Waals surface area contributed by atoms with Crippen LogP contribution in [0.4, 0.5) is 0 Å². The molecule has 0 fully saturated rings. The van der Waals surface area contributed by atoms with Crippen LogP contribution in [-0.4, -0.2) is 12.8 Å². The van der Waals surface area contributed by atoms with E-state index in [2.05, 4.69) is 4.52 Å². The fourth-order valence-corrected chi connectivity index (χ4v) is 0.349. The molecule has 0 aromatic carbocycles. The summed E-state index contributed by atoms with van der Waals surface area (Å²) < 4.78 is 13.7. The minimum absolute atomic E-state index is 0.130. The van der Waals surface area contributed by atoms with E-state index in [1.807, 2.05) is 0 Å². The predicted octanol–water partition coefficient (Wildman–Crippen LogP) is -0.547. The first kappa shape index (κ1) is 6.98. The SMILES string of the molecule is NC(N)COP=O. The van der Waals surface area contributed by atoms with Gasteiger partial charge in [-0.15, -0.1) is 0 Å². The molecule has 0 bridgehead atoms. The van der Waals surface area contributed by atoms with Gasteiger partial charge in [-0.3, -0.25) is 4.52 Å². The summed E-state index contributed by atoms with van der Waals surface area (Å²) in [5, 5.41) is 0. The van der Waals surface area contributed by atoms with Crippen molar-refractivity contribution >= 4 is 8.69 Å². The van der Waals surface area contributed by atoms with Gasteiger partial charge in [0.2, 0.25) is 0 Å². The number of hydrogen-bond donors (Lipinski definition) is 2. The Balaban J connectivity index is 2.81. The Morgan fingerprint density at radius 2 is 2.29 bits per heavy atom. The Kier molecular flexibility index (Phi) is 4.14. The lowest BCUT2D eigenvalue weighted by atomic mass is 10.6. The Labute approximate surface area is 43.1 Å². The van der Waals surface area contributed by atoms with Gasteiger partial charge in [0.1, 0.15) is 0 Å². The van der Waals surface area contributed by atoms with E-state index >= 15 is 0 Å². The highest BCUT2D eigenvalue weighted by Crippen LogP contribution is 1.91. The van der Waals surface area contributed by atoms with Crippen LogP contribution in [0.3, 0.4) is 0 Å². The van der Waals surface area contributed by atoms with Crippen LogP contribution in [0.25, 0.3) is 0 Å². The summed E-state index contributed by atoms with van der Waals surface area (Å²) in [6, 6.07) is 0. The first-order valence-electron chi connectivity index (χ1n) is 1.73. The highest BCUT2D eigenvalue weighted by Gasteiger charge is 1.89. The second-order valence-electron chi connectivity index (χ2n) is 1.03. The van der Waals surface area contributed by atoms with E-state index in [4.69, 9.17) is 11.5 Å². The normalized spacial score (nSPS) is 10.7. The van der Waals surface area contributed by atoms with Crippen LogP contribution in [0.15, 0.2) is 0 Å². The molecule has 0 saturated carbocycles. The van der Waals surface area contributed by atoms with E-state index in [0.717, 1.165) is 0 Å². The van der Waals surface area contributed by atoms with Crippen molar-refractivity contribution in [1.29, 1.82) is 0 Å². The molecule has 0 aromatic rings. The van der Waals surface area contributed by atoms with Crippen molar-refractivity contribution in [1.82, 2.24) is 0 Å². The lowest BCUT2D eigenvalue weighted by Gasteiger charge is -1.96. The minimum atomic E-state index is -0.526. The smallest absolute Gasteiger partial charge is 0.314 e. The van der Waals surface area contributed by atoms with Gasteiger partial charge in [0, 0.05) is 0 Å². The number of rotatable bonds is 3. The zero-order valence-electron chi connectivity index (χ0n) is 3.70. The van der Waals surface area contributed by atoms with Crippen molar-refractivity contribution < 1.29 is 9.09 Å². The van der Waals surface area contributed by atoms with E-state index in [1.54, 1.807) is 0 Å². The molecule has 5 heteroatoms. The van der Waals surface area contributed by atoms with Crippen LogP contribution in [0.1, 0.15) is 0 Å². The molecule has 42 valence electrons. The monoisotopic (exact) mass is 122 g/mol. The molecule has 0 radical (unpaired) electrons. The van der Waals surface area contributed by atoms with Crippen molar-refractivity contribution in [3.05, 3.63) is 0 Å². The maximum absolute atomic E-state index is 9.47. The van der Waals surface area contributed by atoms with E-state index in [1.165, 1.54) is 0 Å². The second kappa shape index (κ2) is 4.15. The molecule has 4 nitrogen and oxygen atoms in total. The zero-order valence-corrected chi connectivity index (χ0v) is 4.60. The lowest BCUT2D eigenvalue weighted by molar-refractivity contribution is 0.314. The maximum atomic E-state index is 9.47. The van der Waals surface area contributed by atoms with E-state index in [9.17, 15) is 4.57 Å². The molecule has 0 aliphatic heterocycles. The van der Waals surface area contributed by atoms with Gasteiger partial charge < -0.3 is 11.5 Å². The molecule has 0 atom stereocenters. The maximum Gasteiger partial charge on any atom is 0.327 e. The van der Waals surface area contributed by atoms with Crippen molar-refractivity contribution in [2.45, 2.75) is 6.17 Å². The summed E-state index contributed by atoms with van der Waals surface area (Å²) >= 11 is 0. The van der Waals surface area contributed by atoms with Crippen LogP contribution >= 0.6 is 8.69 Å². The van der Waals surface area contributed by atoms with Crippen LogP contribution in [0.2, 0.25) is 0 Å². The summed E-state index contributed by atoms with van der Waals surface area (Å²) in [6.45, 7) is 0.130. The quantitative estimate of drug-likeness (QED) is 0.389. The Hall–Kier alpha value is -0.0200. The molecule has 4 N–H and O–H groups in total. The van der Waals surface area contributed by atoms with Gasteiger partial charge in [0.25, 0.3) is 0 Å². The van der Waals surface area contributed by atoms with Crippen LogP contribution in [-0.2, 0) is 9.09 Å². The summed E-state index contributed by atoms with van der Waals surface area (Å²) in [7, 11) is -0.370. The molecule has 0 unspecified atom stereocenters. The molecule has 0 aromatic heterocycles. The second-order valence-corrected chi connectivity index (χ2v) is 1.44. The average molecular weight is 122 g/mol. The van der Waals surface area contributed by atoms with Crippen LogP contribution < -0.4 is 11.5 Å². The van der Waals surface area contributed by atoms with Crippen molar-refractivity contribution in [3.8, 4) is 0 Å². The minimum Gasteiger partial charge on any atom is -0.314 e. The lowest BCUT2D eigenvalue weighted by Crippen LogP contribution is -2.34. The van der Waals surface area contributed by atoms with E-state index in [0.29, 0.717) is 0 Å². The van der Waals surface area contributed by atoms with Gasteiger partial charge in [0.05, 0.1) is 12.8 Å². The molecule has 0 heterocycles. The summed E-state index contributed by atoms with van der Waals surface area (Å²) in [5.74, 6) is 0. The van der Waals surface area contributed by atoms with Gasteiger partial charge in [-0.2, -0.15) is 0 Å². The van der Waals surface area contributed by atoms with E-state index in [-0.39, 0.29) is 15.3 Å². The third-order valence-electron chi connectivity index (χ3n) is 0.320. The van der Waals surface area contributed by atoms with Gasteiger partial charge in [0.15, 0.2) is 0 Å². The third kappa shape index (κ3) is 5.98. The van der Waals surface area contributed by atoms with Crippen LogP contribution in [0, 0.1) is 0 Å². The molecular formula is C2H7N2O2P. The number of nitrogens with two attached hydrogens (primary N) is 2. The summed E-state index contributed by atoms with van der Waals surface area (Å²) in [4.78, 5) is 0. The standard InChI is InChI=1S/C2H7N2O2P/c3-2(4)1-6-7-5/h2H,1,3-4H2. The van der Waals surface area contributed by atoms with Crippen LogP contribution in [0.5, 0.6) is 0 Å².